The number of rotatable bonds is 4. The van der Waals surface area contributed by atoms with Crippen LogP contribution in [0.15, 0.2) is 11.0 Å². The van der Waals surface area contributed by atoms with Crippen molar-refractivity contribution in [3.8, 4) is 0 Å². The first-order valence-electron chi connectivity index (χ1n) is 6.79. The lowest BCUT2D eigenvalue weighted by atomic mass is 9.97. The lowest BCUT2D eigenvalue weighted by Crippen LogP contribution is -2.33. The Morgan fingerprint density at radius 1 is 1.47 bits per heavy atom. The first kappa shape index (κ1) is 14.3. The number of piperidine rings is 1. The number of hydrogen-bond donors (Lipinski definition) is 1. The molecule has 0 saturated carbocycles. The van der Waals surface area contributed by atoms with Gasteiger partial charge < -0.3 is 10.2 Å². The lowest BCUT2D eigenvalue weighted by Gasteiger charge is -2.29. The largest absolute Gasteiger partial charge is 0.382 e. The molecule has 1 aromatic heterocycles. The van der Waals surface area contributed by atoms with Crippen molar-refractivity contribution in [3.05, 3.63) is 21.6 Å². The van der Waals surface area contributed by atoms with Gasteiger partial charge in [0.05, 0.1) is 11.9 Å². The van der Waals surface area contributed by atoms with E-state index in [0.717, 1.165) is 19.6 Å². The van der Waals surface area contributed by atoms with E-state index in [2.05, 4.69) is 22.4 Å². The maximum atomic E-state index is 11.8. The molecule has 0 unspecified atom stereocenters. The Morgan fingerprint density at radius 2 is 2.16 bits per heavy atom. The van der Waals surface area contributed by atoms with Crippen LogP contribution in [-0.2, 0) is 6.54 Å². The second-order valence-electron chi connectivity index (χ2n) is 5.12. The zero-order valence-electron chi connectivity index (χ0n) is 11.5. The van der Waals surface area contributed by atoms with Gasteiger partial charge in [0.2, 0.25) is 0 Å². The number of nitrogens with zero attached hydrogens (tertiary/aromatic N) is 3. The third-order valence-electron chi connectivity index (χ3n) is 3.70. The van der Waals surface area contributed by atoms with Gasteiger partial charge in [-0.15, -0.1) is 0 Å². The highest BCUT2D eigenvalue weighted by Crippen LogP contribution is 2.19. The maximum Gasteiger partial charge on any atom is 0.287 e. The summed E-state index contributed by atoms with van der Waals surface area (Å²) < 4.78 is 1.36. The topological polar surface area (TPSA) is 50.2 Å². The Morgan fingerprint density at radius 3 is 2.79 bits per heavy atom. The van der Waals surface area contributed by atoms with E-state index < -0.39 is 0 Å². The lowest BCUT2D eigenvalue weighted by molar-refractivity contribution is 0.226. The van der Waals surface area contributed by atoms with Gasteiger partial charge >= 0.3 is 0 Å². The summed E-state index contributed by atoms with van der Waals surface area (Å²) in [4.78, 5) is 14.2. The molecule has 0 spiro atoms. The Bertz CT molecular complexity index is 480. The van der Waals surface area contributed by atoms with Crippen molar-refractivity contribution in [1.82, 2.24) is 14.7 Å². The van der Waals surface area contributed by atoms with Crippen LogP contribution >= 0.6 is 11.6 Å². The van der Waals surface area contributed by atoms with Crippen molar-refractivity contribution < 1.29 is 0 Å². The van der Waals surface area contributed by atoms with Crippen LogP contribution in [-0.4, -0.2) is 41.4 Å². The molecule has 106 valence electrons. The number of anilines is 1. The number of hydrogen-bond acceptors (Lipinski definition) is 4. The van der Waals surface area contributed by atoms with Crippen LogP contribution < -0.4 is 10.9 Å². The molecule has 0 amide bonds. The number of aromatic nitrogens is 2. The van der Waals surface area contributed by atoms with Gasteiger partial charge in [0.1, 0.15) is 5.02 Å². The van der Waals surface area contributed by atoms with E-state index in [1.54, 1.807) is 6.20 Å². The molecule has 1 N–H and O–H groups in total. The van der Waals surface area contributed by atoms with Crippen LogP contribution in [0.2, 0.25) is 5.02 Å². The SMILES string of the molecule is CCn1ncc(NCC2CCN(C)CC2)c(Cl)c1=O. The molecule has 1 saturated heterocycles. The summed E-state index contributed by atoms with van der Waals surface area (Å²) in [5, 5.41) is 7.59. The van der Waals surface area contributed by atoms with E-state index in [-0.39, 0.29) is 10.6 Å². The Balaban J connectivity index is 1.96. The summed E-state index contributed by atoms with van der Waals surface area (Å²) in [6.45, 7) is 5.53. The number of nitrogens with one attached hydrogen (secondary N) is 1. The summed E-state index contributed by atoms with van der Waals surface area (Å²) >= 11 is 6.07. The zero-order chi connectivity index (χ0) is 13.8. The maximum absolute atomic E-state index is 11.8. The summed E-state index contributed by atoms with van der Waals surface area (Å²) in [6.07, 6.45) is 4.00. The van der Waals surface area contributed by atoms with Gasteiger partial charge in [-0.1, -0.05) is 11.6 Å². The molecule has 1 aromatic rings. The standard InChI is InChI=1S/C13H21ClN4O/c1-3-18-13(19)12(14)11(9-16-18)15-8-10-4-6-17(2)7-5-10/h9-10,15H,3-8H2,1-2H3. The molecule has 2 heterocycles. The van der Waals surface area contributed by atoms with Crippen molar-refractivity contribution >= 4 is 17.3 Å². The molecular formula is C13H21ClN4O. The predicted octanol–water partition coefficient (Wildman–Crippen LogP) is 1.67. The quantitative estimate of drug-likeness (QED) is 0.914. The molecule has 1 aliphatic rings. The summed E-state index contributed by atoms with van der Waals surface area (Å²) in [7, 11) is 2.15. The first-order chi connectivity index (χ1) is 9.11. The van der Waals surface area contributed by atoms with Gasteiger partial charge in [-0.25, -0.2) is 4.68 Å². The average Bonchev–Trinajstić information content (AvgIpc) is 2.42. The third-order valence-corrected chi connectivity index (χ3v) is 4.07. The highest BCUT2D eigenvalue weighted by Gasteiger charge is 2.17. The minimum atomic E-state index is -0.224. The second kappa shape index (κ2) is 6.39. The summed E-state index contributed by atoms with van der Waals surface area (Å²) in [5.74, 6) is 0.640. The van der Waals surface area contributed by atoms with Gasteiger partial charge in [-0.05, 0) is 45.8 Å². The van der Waals surface area contributed by atoms with Crippen molar-refractivity contribution in [1.29, 1.82) is 0 Å². The van der Waals surface area contributed by atoms with Crippen LogP contribution in [0.5, 0.6) is 0 Å². The molecule has 1 aliphatic heterocycles. The molecule has 0 atom stereocenters. The predicted molar refractivity (Wildman–Crippen MR) is 77.9 cm³/mol. The fourth-order valence-electron chi connectivity index (χ4n) is 2.33. The number of halogens is 1. The molecule has 19 heavy (non-hydrogen) atoms. The van der Waals surface area contributed by atoms with Crippen LogP contribution in [0.3, 0.4) is 0 Å². The van der Waals surface area contributed by atoms with E-state index in [0.29, 0.717) is 18.2 Å². The molecule has 0 radical (unpaired) electrons. The fraction of sp³-hybridized carbons (Fsp3) is 0.692. The van der Waals surface area contributed by atoms with E-state index in [1.165, 1.54) is 17.5 Å². The molecule has 0 aromatic carbocycles. The van der Waals surface area contributed by atoms with Gasteiger partial charge in [0, 0.05) is 13.1 Å². The highest BCUT2D eigenvalue weighted by molar-refractivity contribution is 6.32. The molecule has 5 nitrogen and oxygen atoms in total. The van der Waals surface area contributed by atoms with E-state index in [4.69, 9.17) is 11.6 Å². The Hall–Kier alpha value is -1.07. The molecule has 0 aliphatic carbocycles. The van der Waals surface area contributed by atoms with E-state index in [9.17, 15) is 4.79 Å². The minimum absolute atomic E-state index is 0.224. The molecular weight excluding hydrogens is 264 g/mol. The van der Waals surface area contributed by atoms with Gasteiger partial charge in [-0.3, -0.25) is 4.79 Å². The molecule has 0 bridgehead atoms. The average molecular weight is 285 g/mol. The van der Waals surface area contributed by atoms with Crippen LogP contribution in [0.25, 0.3) is 0 Å². The van der Waals surface area contributed by atoms with Crippen molar-refractivity contribution in [2.24, 2.45) is 5.92 Å². The molecule has 6 heteroatoms. The van der Waals surface area contributed by atoms with Gasteiger partial charge in [0.25, 0.3) is 5.56 Å². The minimum Gasteiger partial charge on any atom is -0.382 e. The Labute approximate surface area is 118 Å². The molecule has 1 fully saturated rings. The molecule has 2 rings (SSSR count). The third kappa shape index (κ3) is 3.48. The van der Waals surface area contributed by atoms with E-state index in [1.807, 2.05) is 6.92 Å². The summed E-state index contributed by atoms with van der Waals surface area (Å²) in [5.41, 5.74) is 0.424. The van der Waals surface area contributed by atoms with Crippen molar-refractivity contribution in [2.45, 2.75) is 26.3 Å². The van der Waals surface area contributed by atoms with Crippen molar-refractivity contribution in [2.75, 3.05) is 32.0 Å². The highest BCUT2D eigenvalue weighted by atomic mass is 35.5. The monoisotopic (exact) mass is 284 g/mol. The normalized spacial score (nSPS) is 17.6. The van der Waals surface area contributed by atoms with Gasteiger partial charge in [-0.2, -0.15) is 5.10 Å². The number of likely N-dealkylation sites (tertiary alicyclic amines) is 1. The Kier molecular flexibility index (Phi) is 4.82. The van der Waals surface area contributed by atoms with Gasteiger partial charge in [0.15, 0.2) is 0 Å². The zero-order valence-corrected chi connectivity index (χ0v) is 12.3. The smallest absolute Gasteiger partial charge is 0.287 e. The fourth-order valence-corrected chi connectivity index (χ4v) is 2.55. The van der Waals surface area contributed by atoms with Crippen LogP contribution in [0.4, 0.5) is 5.69 Å². The van der Waals surface area contributed by atoms with Crippen LogP contribution in [0.1, 0.15) is 19.8 Å². The van der Waals surface area contributed by atoms with Crippen molar-refractivity contribution in [3.63, 3.8) is 0 Å². The number of aryl methyl sites for hydroxylation is 1. The van der Waals surface area contributed by atoms with E-state index >= 15 is 0 Å². The first-order valence-corrected chi connectivity index (χ1v) is 7.17. The second-order valence-corrected chi connectivity index (χ2v) is 5.50. The summed E-state index contributed by atoms with van der Waals surface area (Å²) in [6, 6.07) is 0. The van der Waals surface area contributed by atoms with Crippen LogP contribution in [0, 0.1) is 5.92 Å².